The quantitative estimate of drug-likeness (QED) is 0.748. The van der Waals surface area contributed by atoms with E-state index in [2.05, 4.69) is 0 Å². The number of urea groups is 1. The number of likely N-dealkylation sites (tertiary alicyclic amines) is 1. The van der Waals surface area contributed by atoms with Crippen LogP contribution in [0.4, 0.5) is 4.79 Å². The molecule has 1 unspecified atom stereocenters. The molecule has 0 aromatic rings. The van der Waals surface area contributed by atoms with Gasteiger partial charge in [0.1, 0.15) is 5.54 Å². The summed E-state index contributed by atoms with van der Waals surface area (Å²) in [5.74, 6) is -0.941. The third-order valence-corrected chi connectivity index (χ3v) is 3.46. The Morgan fingerprint density at radius 1 is 1.47 bits per heavy atom. The monoisotopic (exact) mass is 244 g/mol. The topological polar surface area (TPSA) is 81.1 Å². The standard InChI is InChI=1S/C11H20N2O4/c1-3-11(9(15)16)5-4-6-13(11)10(17)12(2)7-8-14/h14H,3-8H2,1-2H3,(H,15,16). The molecule has 98 valence electrons. The molecule has 1 atom stereocenters. The smallest absolute Gasteiger partial charge is 0.329 e. The molecule has 17 heavy (non-hydrogen) atoms. The molecular weight excluding hydrogens is 224 g/mol. The van der Waals surface area contributed by atoms with E-state index in [-0.39, 0.29) is 19.2 Å². The van der Waals surface area contributed by atoms with Crippen LogP contribution in [0.5, 0.6) is 0 Å². The second kappa shape index (κ2) is 5.35. The lowest BCUT2D eigenvalue weighted by Gasteiger charge is -2.36. The van der Waals surface area contributed by atoms with E-state index in [4.69, 9.17) is 5.11 Å². The Bertz CT molecular complexity index is 308. The van der Waals surface area contributed by atoms with Gasteiger partial charge in [-0.1, -0.05) is 6.92 Å². The van der Waals surface area contributed by atoms with Crippen LogP contribution in [0.25, 0.3) is 0 Å². The Kier molecular flexibility index (Phi) is 4.34. The first-order valence-electron chi connectivity index (χ1n) is 5.86. The number of carbonyl (C=O) groups is 2. The number of aliphatic hydroxyl groups is 1. The third-order valence-electron chi connectivity index (χ3n) is 3.46. The number of aliphatic carboxylic acids is 1. The van der Waals surface area contributed by atoms with E-state index in [1.165, 1.54) is 9.80 Å². The van der Waals surface area contributed by atoms with Crippen molar-refractivity contribution in [2.45, 2.75) is 31.7 Å². The number of likely N-dealkylation sites (N-methyl/N-ethyl adjacent to an activating group) is 1. The van der Waals surface area contributed by atoms with E-state index in [1.54, 1.807) is 14.0 Å². The number of carboxylic acid groups (broad SMARTS) is 1. The summed E-state index contributed by atoms with van der Waals surface area (Å²) in [5, 5.41) is 18.1. The highest BCUT2D eigenvalue weighted by molar-refractivity contribution is 5.87. The molecule has 0 bridgehead atoms. The number of aliphatic hydroxyl groups excluding tert-OH is 1. The SMILES string of the molecule is CCC1(C(=O)O)CCCN1C(=O)N(C)CCO. The number of carbonyl (C=O) groups excluding carboxylic acids is 1. The third kappa shape index (κ3) is 2.36. The maximum Gasteiger partial charge on any atom is 0.329 e. The van der Waals surface area contributed by atoms with Crippen LogP contribution in [0.3, 0.4) is 0 Å². The van der Waals surface area contributed by atoms with Crippen molar-refractivity contribution in [2.24, 2.45) is 0 Å². The van der Waals surface area contributed by atoms with Gasteiger partial charge in [-0.15, -0.1) is 0 Å². The van der Waals surface area contributed by atoms with Crippen LogP contribution < -0.4 is 0 Å². The molecule has 0 aromatic carbocycles. The molecule has 1 aliphatic rings. The number of carboxylic acids is 1. The molecule has 1 aliphatic heterocycles. The van der Waals surface area contributed by atoms with E-state index in [9.17, 15) is 14.7 Å². The first-order valence-corrected chi connectivity index (χ1v) is 5.86. The number of nitrogens with zero attached hydrogens (tertiary/aromatic N) is 2. The van der Waals surface area contributed by atoms with Crippen molar-refractivity contribution >= 4 is 12.0 Å². The molecule has 1 heterocycles. The first-order chi connectivity index (χ1) is 7.99. The minimum atomic E-state index is -1.07. The molecular formula is C11H20N2O4. The summed E-state index contributed by atoms with van der Waals surface area (Å²) in [6.07, 6.45) is 1.61. The van der Waals surface area contributed by atoms with Gasteiger partial charge in [-0.05, 0) is 19.3 Å². The van der Waals surface area contributed by atoms with Gasteiger partial charge in [0, 0.05) is 20.1 Å². The van der Waals surface area contributed by atoms with Crippen molar-refractivity contribution in [3.05, 3.63) is 0 Å². The highest BCUT2D eigenvalue weighted by Gasteiger charge is 2.49. The lowest BCUT2D eigenvalue weighted by molar-refractivity contribution is -0.148. The number of hydrogen-bond donors (Lipinski definition) is 2. The molecule has 0 aromatic heterocycles. The highest BCUT2D eigenvalue weighted by Crippen LogP contribution is 2.33. The summed E-state index contributed by atoms with van der Waals surface area (Å²) in [5.41, 5.74) is -1.07. The Morgan fingerprint density at radius 2 is 2.12 bits per heavy atom. The van der Waals surface area contributed by atoms with Crippen LogP contribution in [0.2, 0.25) is 0 Å². The zero-order chi connectivity index (χ0) is 13.1. The summed E-state index contributed by atoms with van der Waals surface area (Å²) in [6.45, 7) is 2.34. The van der Waals surface area contributed by atoms with Crippen LogP contribution >= 0.6 is 0 Å². The summed E-state index contributed by atoms with van der Waals surface area (Å²) in [6, 6.07) is -0.319. The van der Waals surface area contributed by atoms with Crippen molar-refractivity contribution in [3.8, 4) is 0 Å². The van der Waals surface area contributed by atoms with Crippen LogP contribution in [0.15, 0.2) is 0 Å². The fourth-order valence-electron chi connectivity index (χ4n) is 2.35. The van der Waals surface area contributed by atoms with Gasteiger partial charge < -0.3 is 20.0 Å². The van der Waals surface area contributed by atoms with Crippen molar-refractivity contribution in [1.82, 2.24) is 9.80 Å². The number of hydrogen-bond acceptors (Lipinski definition) is 3. The van der Waals surface area contributed by atoms with Gasteiger partial charge in [-0.2, -0.15) is 0 Å². The van der Waals surface area contributed by atoms with E-state index in [0.717, 1.165) is 0 Å². The van der Waals surface area contributed by atoms with Crippen LogP contribution in [-0.4, -0.2) is 64.3 Å². The molecule has 0 spiro atoms. The maximum absolute atomic E-state index is 12.1. The zero-order valence-electron chi connectivity index (χ0n) is 10.3. The van der Waals surface area contributed by atoms with Gasteiger partial charge in [0.2, 0.25) is 0 Å². The summed E-state index contributed by atoms with van der Waals surface area (Å²) in [7, 11) is 1.57. The average molecular weight is 244 g/mol. The average Bonchev–Trinajstić information content (AvgIpc) is 2.73. The predicted octanol–water partition coefficient (Wildman–Crippen LogP) is 0.360. The predicted molar refractivity (Wildman–Crippen MR) is 61.7 cm³/mol. The van der Waals surface area contributed by atoms with Crippen molar-refractivity contribution in [1.29, 1.82) is 0 Å². The largest absolute Gasteiger partial charge is 0.479 e. The molecule has 6 nitrogen and oxygen atoms in total. The van der Waals surface area contributed by atoms with E-state index in [0.29, 0.717) is 25.8 Å². The van der Waals surface area contributed by atoms with E-state index < -0.39 is 11.5 Å². The molecule has 2 N–H and O–H groups in total. The number of rotatable bonds is 4. The van der Waals surface area contributed by atoms with Gasteiger partial charge in [-0.25, -0.2) is 9.59 Å². The lowest BCUT2D eigenvalue weighted by Crippen LogP contribution is -2.56. The van der Waals surface area contributed by atoms with Crippen molar-refractivity contribution < 1.29 is 19.8 Å². The van der Waals surface area contributed by atoms with E-state index in [1.807, 2.05) is 0 Å². The molecule has 0 saturated carbocycles. The number of amides is 2. The fraction of sp³-hybridized carbons (Fsp3) is 0.818. The second-order valence-corrected chi connectivity index (χ2v) is 4.37. The van der Waals surface area contributed by atoms with Crippen LogP contribution in [-0.2, 0) is 4.79 Å². The Morgan fingerprint density at radius 3 is 2.59 bits per heavy atom. The molecule has 1 fully saturated rings. The van der Waals surface area contributed by atoms with Gasteiger partial charge in [0.15, 0.2) is 0 Å². The van der Waals surface area contributed by atoms with Crippen LogP contribution in [0, 0.1) is 0 Å². The van der Waals surface area contributed by atoms with Crippen molar-refractivity contribution in [3.63, 3.8) is 0 Å². The zero-order valence-corrected chi connectivity index (χ0v) is 10.3. The maximum atomic E-state index is 12.1. The molecule has 0 aliphatic carbocycles. The fourth-order valence-corrected chi connectivity index (χ4v) is 2.35. The molecule has 2 amide bonds. The molecule has 1 rings (SSSR count). The minimum absolute atomic E-state index is 0.123. The molecule has 0 radical (unpaired) electrons. The van der Waals surface area contributed by atoms with Crippen LogP contribution in [0.1, 0.15) is 26.2 Å². The van der Waals surface area contributed by atoms with Gasteiger partial charge in [-0.3, -0.25) is 0 Å². The van der Waals surface area contributed by atoms with Gasteiger partial charge in [0.05, 0.1) is 6.61 Å². The van der Waals surface area contributed by atoms with Gasteiger partial charge in [0.25, 0.3) is 0 Å². The highest BCUT2D eigenvalue weighted by atomic mass is 16.4. The molecule has 1 saturated heterocycles. The second-order valence-electron chi connectivity index (χ2n) is 4.37. The first kappa shape index (κ1) is 13.8. The van der Waals surface area contributed by atoms with Crippen molar-refractivity contribution in [2.75, 3.05) is 26.7 Å². The summed E-state index contributed by atoms with van der Waals surface area (Å²) < 4.78 is 0. The lowest BCUT2D eigenvalue weighted by atomic mass is 9.93. The molecule has 6 heteroatoms. The Balaban J connectivity index is 2.88. The normalized spacial score (nSPS) is 23.8. The van der Waals surface area contributed by atoms with E-state index >= 15 is 0 Å². The summed E-state index contributed by atoms with van der Waals surface area (Å²) >= 11 is 0. The van der Waals surface area contributed by atoms with Gasteiger partial charge >= 0.3 is 12.0 Å². The summed E-state index contributed by atoms with van der Waals surface area (Å²) in [4.78, 5) is 26.3. The Hall–Kier alpha value is -1.30. The minimum Gasteiger partial charge on any atom is -0.479 e. The Labute approximate surface area is 101 Å².